The molecule has 1 N–H and O–H groups in total. The number of nitrogens with zero attached hydrogens (tertiary/aromatic N) is 1. The van der Waals surface area contributed by atoms with Gasteiger partial charge < -0.3 is 5.32 Å². The molecule has 3 atom stereocenters. The smallest absolute Gasteiger partial charge is 0.237 e. The first-order valence-electron chi connectivity index (χ1n) is 6.84. The quantitative estimate of drug-likeness (QED) is 0.839. The minimum atomic E-state index is -0.0395. The van der Waals surface area contributed by atoms with E-state index in [1.54, 1.807) is 0 Å². The average Bonchev–Trinajstić information content (AvgIpc) is 3.15. The highest BCUT2D eigenvalue weighted by atomic mass is 16.2. The Kier molecular flexibility index (Phi) is 2.90. The van der Waals surface area contributed by atoms with Crippen molar-refractivity contribution in [2.45, 2.75) is 26.3 Å². The third-order valence-electron chi connectivity index (χ3n) is 4.00. The Morgan fingerprint density at radius 3 is 2.63 bits per heavy atom. The molecule has 1 heterocycles. The number of carbonyl (C=O) groups excluding carboxylic acids is 2. The third-order valence-corrected chi connectivity index (χ3v) is 4.00. The Balaban J connectivity index is 1.87. The van der Waals surface area contributed by atoms with E-state index >= 15 is 0 Å². The maximum absolute atomic E-state index is 12.1. The molecular formula is C15H18N2O2. The van der Waals surface area contributed by atoms with Crippen LogP contribution in [0, 0.1) is 11.8 Å². The number of anilines is 1. The molecule has 2 fully saturated rings. The maximum atomic E-state index is 12.1. The molecule has 1 aromatic carbocycles. The van der Waals surface area contributed by atoms with Crippen molar-refractivity contribution < 1.29 is 9.59 Å². The van der Waals surface area contributed by atoms with Crippen LogP contribution in [-0.2, 0) is 9.59 Å². The lowest BCUT2D eigenvalue weighted by molar-refractivity contribution is -0.123. The topological polar surface area (TPSA) is 49.4 Å². The van der Waals surface area contributed by atoms with E-state index in [0.717, 1.165) is 18.5 Å². The molecule has 2 aliphatic rings. The van der Waals surface area contributed by atoms with Crippen molar-refractivity contribution in [1.29, 1.82) is 0 Å². The molecule has 4 nitrogen and oxygen atoms in total. The van der Waals surface area contributed by atoms with Gasteiger partial charge in [0, 0.05) is 6.04 Å². The Bertz CT molecular complexity index is 521. The van der Waals surface area contributed by atoms with E-state index in [9.17, 15) is 9.59 Å². The molecular weight excluding hydrogens is 240 g/mol. The number of imide groups is 1. The Hall–Kier alpha value is -1.68. The van der Waals surface area contributed by atoms with Crippen molar-refractivity contribution in [2.75, 3.05) is 11.4 Å². The second-order valence-electron chi connectivity index (χ2n) is 5.33. The zero-order chi connectivity index (χ0) is 13.6. The van der Waals surface area contributed by atoms with E-state index in [0.29, 0.717) is 5.69 Å². The van der Waals surface area contributed by atoms with Gasteiger partial charge in [0.1, 0.15) is 0 Å². The predicted molar refractivity (Wildman–Crippen MR) is 72.6 cm³/mol. The van der Waals surface area contributed by atoms with Gasteiger partial charge in [-0.15, -0.1) is 0 Å². The van der Waals surface area contributed by atoms with Crippen LogP contribution in [0.5, 0.6) is 0 Å². The highest BCUT2D eigenvalue weighted by Gasteiger charge is 2.59. The molecule has 1 aliphatic carbocycles. The molecule has 1 saturated heterocycles. The van der Waals surface area contributed by atoms with Gasteiger partial charge in [-0.05, 0) is 37.6 Å². The van der Waals surface area contributed by atoms with Crippen LogP contribution in [0.1, 0.15) is 31.9 Å². The highest BCUT2D eigenvalue weighted by Crippen LogP contribution is 2.48. The third kappa shape index (κ3) is 1.96. The molecule has 0 aromatic heterocycles. The Morgan fingerprint density at radius 1 is 1.32 bits per heavy atom. The van der Waals surface area contributed by atoms with Crippen LogP contribution in [0.3, 0.4) is 0 Å². The summed E-state index contributed by atoms with van der Waals surface area (Å²) in [5, 5.41) is 3.33. The molecule has 0 radical (unpaired) electrons. The van der Waals surface area contributed by atoms with Crippen molar-refractivity contribution in [3.63, 3.8) is 0 Å². The van der Waals surface area contributed by atoms with Crippen LogP contribution >= 0.6 is 0 Å². The second kappa shape index (κ2) is 4.46. The van der Waals surface area contributed by atoms with Gasteiger partial charge in [-0.2, -0.15) is 0 Å². The van der Waals surface area contributed by atoms with Crippen molar-refractivity contribution in [3.8, 4) is 0 Å². The lowest BCUT2D eigenvalue weighted by atomic mass is 10.1. The number of benzene rings is 1. The molecule has 1 aliphatic heterocycles. The van der Waals surface area contributed by atoms with Gasteiger partial charge >= 0.3 is 0 Å². The van der Waals surface area contributed by atoms with E-state index in [1.807, 2.05) is 24.3 Å². The molecule has 1 aromatic rings. The Labute approximate surface area is 112 Å². The minimum absolute atomic E-state index is 0.0248. The summed E-state index contributed by atoms with van der Waals surface area (Å²) >= 11 is 0. The molecule has 4 heteroatoms. The van der Waals surface area contributed by atoms with E-state index < -0.39 is 0 Å². The second-order valence-corrected chi connectivity index (χ2v) is 5.33. The predicted octanol–water partition coefficient (Wildman–Crippen LogP) is 1.87. The molecule has 3 rings (SSSR count). The molecule has 0 spiro atoms. The summed E-state index contributed by atoms with van der Waals surface area (Å²) < 4.78 is 0. The lowest BCUT2D eigenvalue weighted by Crippen LogP contribution is -2.32. The standard InChI is InChI=1S/C15H18N2O2/c1-3-16-9(2)10-5-4-6-11(7-10)17-14(18)12-8-13(12)15(17)19/h4-7,9,12-13,16H,3,8H2,1-2H3. The first-order valence-corrected chi connectivity index (χ1v) is 6.84. The van der Waals surface area contributed by atoms with Gasteiger partial charge in [0.05, 0.1) is 17.5 Å². The van der Waals surface area contributed by atoms with Crippen molar-refractivity contribution in [2.24, 2.45) is 11.8 Å². The van der Waals surface area contributed by atoms with Gasteiger partial charge in [-0.3, -0.25) is 14.5 Å². The zero-order valence-corrected chi connectivity index (χ0v) is 11.2. The molecule has 3 unspecified atom stereocenters. The minimum Gasteiger partial charge on any atom is -0.310 e. The monoisotopic (exact) mass is 258 g/mol. The van der Waals surface area contributed by atoms with E-state index in [4.69, 9.17) is 0 Å². The number of hydrogen-bond donors (Lipinski definition) is 1. The van der Waals surface area contributed by atoms with Crippen LogP contribution in [0.25, 0.3) is 0 Å². The largest absolute Gasteiger partial charge is 0.310 e. The average molecular weight is 258 g/mol. The van der Waals surface area contributed by atoms with Crippen LogP contribution in [0.4, 0.5) is 5.69 Å². The SMILES string of the molecule is CCNC(C)c1cccc(N2C(=O)C3CC3C2=O)c1. The fourth-order valence-electron chi connectivity index (χ4n) is 2.79. The number of piperidine rings is 1. The first-order chi connectivity index (χ1) is 9.13. The van der Waals surface area contributed by atoms with E-state index in [-0.39, 0.29) is 29.7 Å². The number of rotatable bonds is 4. The highest BCUT2D eigenvalue weighted by molar-refractivity contribution is 6.24. The summed E-state index contributed by atoms with van der Waals surface area (Å²) in [6.07, 6.45) is 0.752. The van der Waals surface area contributed by atoms with Crippen LogP contribution < -0.4 is 10.2 Å². The maximum Gasteiger partial charge on any atom is 0.237 e. The van der Waals surface area contributed by atoms with Gasteiger partial charge in [0.25, 0.3) is 0 Å². The van der Waals surface area contributed by atoms with Gasteiger partial charge in [-0.25, -0.2) is 0 Å². The lowest BCUT2D eigenvalue weighted by Gasteiger charge is -2.19. The summed E-state index contributed by atoms with van der Waals surface area (Å²) in [4.78, 5) is 25.5. The normalized spacial score (nSPS) is 26.5. The fraction of sp³-hybridized carbons (Fsp3) is 0.467. The fourth-order valence-corrected chi connectivity index (χ4v) is 2.79. The molecule has 19 heavy (non-hydrogen) atoms. The van der Waals surface area contributed by atoms with E-state index in [2.05, 4.69) is 19.2 Å². The van der Waals surface area contributed by atoms with Crippen molar-refractivity contribution >= 4 is 17.5 Å². The number of hydrogen-bond acceptors (Lipinski definition) is 3. The van der Waals surface area contributed by atoms with E-state index in [1.165, 1.54) is 4.90 Å². The van der Waals surface area contributed by atoms with Crippen molar-refractivity contribution in [3.05, 3.63) is 29.8 Å². The summed E-state index contributed by atoms with van der Waals surface area (Å²) in [5.74, 6) is -0.129. The number of amides is 2. The van der Waals surface area contributed by atoms with Crippen molar-refractivity contribution in [1.82, 2.24) is 5.32 Å². The van der Waals surface area contributed by atoms with Crippen LogP contribution in [-0.4, -0.2) is 18.4 Å². The van der Waals surface area contributed by atoms with Gasteiger partial charge in [0.15, 0.2) is 0 Å². The van der Waals surface area contributed by atoms with Crippen LogP contribution in [0.15, 0.2) is 24.3 Å². The summed E-state index contributed by atoms with van der Waals surface area (Å²) in [6, 6.07) is 7.91. The van der Waals surface area contributed by atoms with Gasteiger partial charge in [0.2, 0.25) is 11.8 Å². The number of carbonyl (C=O) groups is 2. The molecule has 0 bridgehead atoms. The Morgan fingerprint density at radius 2 is 2.00 bits per heavy atom. The zero-order valence-electron chi connectivity index (χ0n) is 11.2. The number of nitrogens with one attached hydrogen (secondary N) is 1. The summed E-state index contributed by atoms with van der Waals surface area (Å²) in [5.41, 5.74) is 1.81. The summed E-state index contributed by atoms with van der Waals surface area (Å²) in [6.45, 7) is 5.02. The van der Waals surface area contributed by atoms with Gasteiger partial charge in [-0.1, -0.05) is 19.1 Å². The van der Waals surface area contributed by atoms with Crippen LogP contribution in [0.2, 0.25) is 0 Å². The molecule has 1 saturated carbocycles. The summed E-state index contributed by atoms with van der Waals surface area (Å²) in [7, 11) is 0. The first kappa shape index (κ1) is 12.4. The molecule has 100 valence electrons. The number of fused-ring (bicyclic) bond motifs is 1. The molecule has 2 amide bonds.